The van der Waals surface area contributed by atoms with Crippen molar-refractivity contribution in [3.05, 3.63) is 224 Å². The topological polar surface area (TPSA) is 3.24 Å². The molecular weight excluding hydrogens is 663 g/mol. The highest BCUT2D eigenvalue weighted by Crippen LogP contribution is 2.39. The van der Waals surface area contributed by atoms with Crippen LogP contribution >= 0.6 is 0 Å². The number of anilines is 3. The summed E-state index contributed by atoms with van der Waals surface area (Å²) >= 11 is 0. The highest BCUT2D eigenvalue weighted by molar-refractivity contribution is 6.08. The SMILES string of the molecule is [2H]c1c([2H])c(N(c2cccc(-c3ccc4ccccc4c3)c2)c2c([2H])c([2H])c(-c3ccc4c(ccc5ccccc54)c3)c([2H])c2[2H])c([2H])c([2H])c1-c1cccc(-c2ccccc2)c1. The van der Waals surface area contributed by atoms with E-state index >= 15 is 0 Å². The molecule has 0 bridgehead atoms. The van der Waals surface area contributed by atoms with Crippen molar-refractivity contribution in [1.29, 1.82) is 0 Å². The van der Waals surface area contributed by atoms with Gasteiger partial charge in [-0.1, -0.05) is 170 Å². The fraction of sp³-hybridized carbons (Fsp3) is 0. The first-order chi connectivity index (χ1) is 30.6. The number of fused-ring (bicyclic) bond motifs is 4. The Morgan fingerprint density at radius 2 is 0.727 bits per heavy atom. The zero-order valence-electron chi connectivity index (χ0n) is 37.7. The van der Waals surface area contributed by atoms with E-state index in [2.05, 4.69) is 6.07 Å². The maximum atomic E-state index is 9.61. The molecule has 258 valence electrons. The zero-order valence-corrected chi connectivity index (χ0v) is 29.7. The van der Waals surface area contributed by atoms with Crippen molar-refractivity contribution in [3.63, 3.8) is 0 Å². The average molecular weight is 708 g/mol. The maximum absolute atomic E-state index is 9.61. The third-order valence-electron chi connectivity index (χ3n) is 10.1. The van der Waals surface area contributed by atoms with Crippen molar-refractivity contribution >= 4 is 49.4 Å². The van der Waals surface area contributed by atoms with Crippen LogP contribution in [-0.4, -0.2) is 0 Å². The van der Waals surface area contributed by atoms with Crippen molar-refractivity contribution in [2.45, 2.75) is 0 Å². The van der Waals surface area contributed by atoms with Crippen molar-refractivity contribution in [1.82, 2.24) is 0 Å². The molecule has 55 heavy (non-hydrogen) atoms. The Balaban J connectivity index is 1.19. The fourth-order valence-electron chi connectivity index (χ4n) is 7.34. The summed E-state index contributed by atoms with van der Waals surface area (Å²) in [5.41, 5.74) is 4.61. The average Bonchev–Trinajstić information content (AvgIpc) is 3.32. The summed E-state index contributed by atoms with van der Waals surface area (Å²) in [6.45, 7) is 0. The van der Waals surface area contributed by atoms with Crippen LogP contribution in [0.1, 0.15) is 11.0 Å². The van der Waals surface area contributed by atoms with Crippen molar-refractivity contribution in [3.8, 4) is 44.5 Å². The Bertz CT molecular complexity index is 3400. The molecule has 10 rings (SSSR count). The molecule has 0 saturated heterocycles. The van der Waals surface area contributed by atoms with Gasteiger partial charge in [-0.3, -0.25) is 0 Å². The first kappa shape index (κ1) is 24.9. The van der Waals surface area contributed by atoms with Gasteiger partial charge in [-0.25, -0.2) is 0 Å². The van der Waals surface area contributed by atoms with E-state index in [0.29, 0.717) is 16.8 Å². The monoisotopic (exact) mass is 707 g/mol. The number of benzene rings is 10. The highest BCUT2D eigenvalue weighted by atomic mass is 15.1. The van der Waals surface area contributed by atoms with Crippen molar-refractivity contribution < 1.29 is 11.0 Å². The Labute approximate surface area is 333 Å². The molecule has 0 heterocycles. The highest BCUT2D eigenvalue weighted by Gasteiger charge is 2.15. The Kier molecular flexibility index (Phi) is 6.33. The molecule has 0 aromatic heterocycles. The lowest BCUT2D eigenvalue weighted by atomic mass is 9.97. The Morgan fingerprint density at radius 1 is 0.255 bits per heavy atom. The van der Waals surface area contributed by atoms with Crippen LogP contribution in [0.5, 0.6) is 0 Å². The third kappa shape index (κ3) is 6.33. The molecule has 0 N–H and O–H groups in total. The maximum Gasteiger partial charge on any atom is 0.0645 e. The predicted molar refractivity (Wildman–Crippen MR) is 235 cm³/mol. The number of hydrogen-bond donors (Lipinski definition) is 0. The zero-order chi connectivity index (χ0) is 43.5. The molecule has 1 heteroatoms. The van der Waals surface area contributed by atoms with Gasteiger partial charge < -0.3 is 4.90 Å². The second-order valence-electron chi connectivity index (χ2n) is 13.6. The summed E-state index contributed by atoms with van der Waals surface area (Å²) in [7, 11) is 0. The molecule has 0 aliphatic carbocycles. The molecule has 0 fully saturated rings. The van der Waals surface area contributed by atoms with E-state index < -0.39 is 24.2 Å². The number of hydrogen-bond acceptors (Lipinski definition) is 1. The van der Waals surface area contributed by atoms with Crippen LogP contribution in [0.15, 0.2) is 224 Å². The van der Waals surface area contributed by atoms with Gasteiger partial charge in [0.1, 0.15) is 0 Å². The van der Waals surface area contributed by atoms with Crippen molar-refractivity contribution in [2.75, 3.05) is 4.90 Å². The van der Waals surface area contributed by atoms with Gasteiger partial charge in [-0.15, -0.1) is 0 Å². The minimum atomic E-state index is -0.394. The molecule has 1 nitrogen and oxygen atoms in total. The van der Waals surface area contributed by atoms with Crippen LogP contribution in [0.25, 0.3) is 76.8 Å². The van der Waals surface area contributed by atoms with Crippen LogP contribution < -0.4 is 4.90 Å². The van der Waals surface area contributed by atoms with Gasteiger partial charge in [0.15, 0.2) is 0 Å². The molecular formula is C54H37N. The molecule has 10 aromatic carbocycles. The van der Waals surface area contributed by atoms with Crippen LogP contribution in [0.2, 0.25) is 0 Å². The minimum absolute atomic E-state index is 0.107. The van der Waals surface area contributed by atoms with Gasteiger partial charge in [0.05, 0.1) is 11.0 Å². The van der Waals surface area contributed by atoms with Crippen LogP contribution in [-0.2, 0) is 0 Å². The van der Waals surface area contributed by atoms with E-state index in [-0.39, 0.29) is 46.7 Å². The van der Waals surface area contributed by atoms with E-state index in [4.69, 9.17) is 0 Å². The first-order valence-corrected chi connectivity index (χ1v) is 18.3. The summed E-state index contributed by atoms with van der Waals surface area (Å²) in [6.07, 6.45) is 0. The van der Waals surface area contributed by atoms with Gasteiger partial charge in [-0.05, 0) is 131 Å². The molecule has 0 aliphatic rings. The predicted octanol–water partition coefficient (Wildman–Crippen LogP) is 15.3. The Hall–Kier alpha value is -7.22. The van der Waals surface area contributed by atoms with Gasteiger partial charge in [0, 0.05) is 17.1 Å². The summed E-state index contributed by atoms with van der Waals surface area (Å²) < 4.78 is 76.2. The molecule has 10 aromatic rings. The second kappa shape index (κ2) is 14.0. The fourth-order valence-corrected chi connectivity index (χ4v) is 7.34. The lowest BCUT2D eigenvalue weighted by Crippen LogP contribution is -2.10. The van der Waals surface area contributed by atoms with E-state index in [1.54, 1.807) is 18.2 Å². The van der Waals surface area contributed by atoms with E-state index in [0.717, 1.165) is 54.6 Å². The van der Waals surface area contributed by atoms with Crippen LogP contribution in [0.4, 0.5) is 17.1 Å². The molecule has 0 atom stereocenters. The van der Waals surface area contributed by atoms with E-state index in [1.807, 2.05) is 152 Å². The van der Waals surface area contributed by atoms with Crippen molar-refractivity contribution in [2.24, 2.45) is 0 Å². The van der Waals surface area contributed by atoms with Gasteiger partial charge >= 0.3 is 0 Å². The normalized spacial score (nSPS) is 13.3. The van der Waals surface area contributed by atoms with Crippen LogP contribution in [0.3, 0.4) is 0 Å². The van der Waals surface area contributed by atoms with Crippen LogP contribution in [0, 0.1) is 0 Å². The summed E-state index contributed by atoms with van der Waals surface area (Å²) in [5.74, 6) is 0. The smallest absolute Gasteiger partial charge is 0.0645 e. The summed E-state index contributed by atoms with van der Waals surface area (Å²) in [4.78, 5) is 1.37. The standard InChI is InChI=1S/C54H37N/c1-2-10-38(11-3-1)44-15-8-16-45(34-44)40-24-29-50(30-25-40)55(52-18-9-17-46(37-52)48-22-20-39-12-4-5-14-43(39)35-48)51-31-26-41(27-32-51)47-28-33-54-49(36-47)23-21-42-13-6-7-19-53(42)54/h1-37H/i24D,25D,26D,27D,29D,30D,31D,32D. The second-order valence-corrected chi connectivity index (χ2v) is 13.6. The summed E-state index contributed by atoms with van der Waals surface area (Å²) in [6, 6.07) is 53.4. The third-order valence-corrected chi connectivity index (χ3v) is 10.1. The lowest BCUT2D eigenvalue weighted by Gasteiger charge is -2.26. The molecule has 0 saturated carbocycles. The molecule has 0 unspecified atom stereocenters. The quantitative estimate of drug-likeness (QED) is 0.149. The van der Waals surface area contributed by atoms with Gasteiger partial charge in [0.25, 0.3) is 0 Å². The number of rotatable bonds is 7. The largest absolute Gasteiger partial charge is 0.310 e. The number of nitrogens with zero attached hydrogens (tertiary/aromatic N) is 1. The minimum Gasteiger partial charge on any atom is -0.310 e. The Morgan fingerprint density at radius 3 is 1.47 bits per heavy atom. The van der Waals surface area contributed by atoms with Gasteiger partial charge in [-0.2, -0.15) is 0 Å². The molecule has 0 amide bonds. The molecule has 0 spiro atoms. The van der Waals surface area contributed by atoms with E-state index in [9.17, 15) is 11.0 Å². The molecule has 0 aliphatic heterocycles. The van der Waals surface area contributed by atoms with Gasteiger partial charge in [0.2, 0.25) is 0 Å². The molecule has 0 radical (unpaired) electrons. The lowest BCUT2D eigenvalue weighted by molar-refractivity contribution is 1.28. The van der Waals surface area contributed by atoms with E-state index in [1.165, 1.54) is 4.90 Å². The first-order valence-electron chi connectivity index (χ1n) is 22.3. The summed E-state index contributed by atoms with van der Waals surface area (Å²) in [5, 5.41) is 6.13.